The topological polar surface area (TPSA) is 88.0 Å². The SMILES string of the molecule is NC(=O)CC1C(=O)NCCc2c[nH]c3cccc1c23. The number of H-pyrrole nitrogens is 1. The number of carbonyl (C=O) groups is 2. The Balaban J connectivity index is 2.21. The van der Waals surface area contributed by atoms with Crippen molar-refractivity contribution in [3.05, 3.63) is 35.5 Å². The number of aromatic nitrogens is 1. The molecule has 2 aromatic rings. The molecule has 1 aromatic carbocycles. The van der Waals surface area contributed by atoms with Gasteiger partial charge in [-0.25, -0.2) is 0 Å². The number of hydrogen-bond acceptors (Lipinski definition) is 2. The zero-order valence-corrected chi connectivity index (χ0v) is 10.4. The molecule has 3 rings (SSSR count). The Morgan fingerprint density at radius 3 is 3.05 bits per heavy atom. The lowest BCUT2D eigenvalue weighted by Gasteiger charge is -2.20. The van der Waals surface area contributed by atoms with Gasteiger partial charge >= 0.3 is 0 Å². The maximum Gasteiger partial charge on any atom is 0.228 e. The van der Waals surface area contributed by atoms with Crippen LogP contribution in [0.4, 0.5) is 0 Å². The van der Waals surface area contributed by atoms with Crippen LogP contribution in [0.1, 0.15) is 23.5 Å². The van der Waals surface area contributed by atoms with Gasteiger partial charge in [0.25, 0.3) is 0 Å². The lowest BCUT2D eigenvalue weighted by molar-refractivity contribution is -0.126. The van der Waals surface area contributed by atoms with Crippen molar-refractivity contribution in [3.63, 3.8) is 0 Å². The van der Waals surface area contributed by atoms with Crippen molar-refractivity contribution in [2.24, 2.45) is 5.73 Å². The van der Waals surface area contributed by atoms with Crippen molar-refractivity contribution in [2.45, 2.75) is 18.8 Å². The van der Waals surface area contributed by atoms with Crippen LogP contribution in [0.15, 0.2) is 24.4 Å². The molecule has 1 aromatic heterocycles. The highest BCUT2D eigenvalue weighted by molar-refractivity contribution is 5.96. The Bertz CT molecular complexity index is 660. The normalized spacial score (nSPS) is 18.7. The molecule has 1 atom stereocenters. The molecule has 2 heterocycles. The average molecular weight is 257 g/mol. The fourth-order valence-corrected chi connectivity index (χ4v) is 2.76. The Kier molecular flexibility index (Phi) is 2.74. The maximum absolute atomic E-state index is 12.1. The van der Waals surface area contributed by atoms with E-state index in [9.17, 15) is 9.59 Å². The second kappa shape index (κ2) is 4.42. The minimum Gasteiger partial charge on any atom is -0.370 e. The van der Waals surface area contributed by atoms with Crippen LogP contribution in [-0.2, 0) is 16.0 Å². The zero-order valence-electron chi connectivity index (χ0n) is 10.4. The molecule has 0 spiro atoms. The number of rotatable bonds is 2. The summed E-state index contributed by atoms with van der Waals surface area (Å²) >= 11 is 0. The first-order valence-corrected chi connectivity index (χ1v) is 6.31. The van der Waals surface area contributed by atoms with Crippen LogP contribution in [0.3, 0.4) is 0 Å². The molecular formula is C14H15N3O2. The molecule has 1 aliphatic rings. The van der Waals surface area contributed by atoms with Gasteiger partial charge in [-0.1, -0.05) is 12.1 Å². The van der Waals surface area contributed by atoms with E-state index in [4.69, 9.17) is 5.73 Å². The Hall–Kier alpha value is -2.30. The number of nitrogens with two attached hydrogens (primary N) is 1. The van der Waals surface area contributed by atoms with Crippen molar-refractivity contribution in [3.8, 4) is 0 Å². The highest BCUT2D eigenvalue weighted by atomic mass is 16.2. The summed E-state index contributed by atoms with van der Waals surface area (Å²) in [6.07, 6.45) is 2.79. The number of primary amides is 1. The Labute approximate surface area is 110 Å². The van der Waals surface area contributed by atoms with Gasteiger partial charge in [0.1, 0.15) is 0 Å². The summed E-state index contributed by atoms with van der Waals surface area (Å²) in [6, 6.07) is 5.77. The molecule has 0 aliphatic carbocycles. The molecule has 19 heavy (non-hydrogen) atoms. The Morgan fingerprint density at radius 2 is 2.26 bits per heavy atom. The van der Waals surface area contributed by atoms with Crippen LogP contribution in [-0.4, -0.2) is 23.3 Å². The highest BCUT2D eigenvalue weighted by Gasteiger charge is 2.27. The number of hydrogen-bond donors (Lipinski definition) is 3. The smallest absolute Gasteiger partial charge is 0.228 e. The molecule has 1 unspecified atom stereocenters. The minimum absolute atomic E-state index is 0.0373. The van der Waals surface area contributed by atoms with Crippen molar-refractivity contribution in [1.82, 2.24) is 10.3 Å². The second-order valence-corrected chi connectivity index (χ2v) is 4.85. The summed E-state index contributed by atoms with van der Waals surface area (Å²) in [4.78, 5) is 26.6. The molecule has 1 aliphatic heterocycles. The zero-order chi connectivity index (χ0) is 13.4. The van der Waals surface area contributed by atoms with E-state index < -0.39 is 11.8 Å². The van der Waals surface area contributed by atoms with E-state index in [-0.39, 0.29) is 12.3 Å². The predicted octanol–water partition coefficient (Wildman–Crippen LogP) is 0.799. The third-order valence-corrected chi connectivity index (χ3v) is 3.61. The number of amides is 2. The standard InChI is InChI=1S/C14H15N3O2/c15-12(18)6-10-9-2-1-3-11-13(9)8(7-17-11)4-5-16-14(10)19/h1-3,7,10,17H,4-6H2,(H2,15,18)(H,16,19). The number of benzene rings is 1. The van der Waals surface area contributed by atoms with E-state index in [1.807, 2.05) is 24.4 Å². The van der Waals surface area contributed by atoms with E-state index in [0.717, 1.165) is 22.9 Å². The lowest BCUT2D eigenvalue weighted by Crippen LogP contribution is -2.34. The van der Waals surface area contributed by atoms with Crippen molar-refractivity contribution >= 4 is 22.7 Å². The fraction of sp³-hybridized carbons (Fsp3) is 0.286. The van der Waals surface area contributed by atoms with Gasteiger partial charge in [0.2, 0.25) is 11.8 Å². The summed E-state index contributed by atoms with van der Waals surface area (Å²) in [6.45, 7) is 0.579. The third kappa shape index (κ3) is 1.97. The van der Waals surface area contributed by atoms with Crippen molar-refractivity contribution in [2.75, 3.05) is 6.54 Å². The molecular weight excluding hydrogens is 242 g/mol. The van der Waals surface area contributed by atoms with Crippen LogP contribution in [0.5, 0.6) is 0 Å². The summed E-state index contributed by atoms with van der Waals surface area (Å²) in [7, 11) is 0. The maximum atomic E-state index is 12.1. The molecule has 0 fully saturated rings. The summed E-state index contributed by atoms with van der Waals surface area (Å²) in [5.74, 6) is -1.09. The monoisotopic (exact) mass is 257 g/mol. The molecule has 98 valence electrons. The molecule has 0 bridgehead atoms. The van der Waals surface area contributed by atoms with Gasteiger partial charge in [0, 0.05) is 30.1 Å². The van der Waals surface area contributed by atoms with Crippen molar-refractivity contribution in [1.29, 1.82) is 0 Å². The van der Waals surface area contributed by atoms with E-state index in [0.29, 0.717) is 6.54 Å². The number of carbonyl (C=O) groups excluding carboxylic acids is 2. The van der Waals surface area contributed by atoms with Gasteiger partial charge in [0.15, 0.2) is 0 Å². The molecule has 0 saturated carbocycles. The molecule has 0 saturated heterocycles. The molecule has 4 N–H and O–H groups in total. The first kappa shape index (κ1) is 11.8. The summed E-state index contributed by atoms with van der Waals surface area (Å²) in [5, 5.41) is 3.91. The molecule has 5 heteroatoms. The first-order valence-electron chi connectivity index (χ1n) is 6.31. The van der Waals surface area contributed by atoms with E-state index >= 15 is 0 Å². The van der Waals surface area contributed by atoms with Gasteiger partial charge in [-0.05, 0) is 23.6 Å². The second-order valence-electron chi connectivity index (χ2n) is 4.85. The number of nitrogens with one attached hydrogen (secondary N) is 2. The van der Waals surface area contributed by atoms with E-state index in [1.54, 1.807) is 0 Å². The van der Waals surface area contributed by atoms with E-state index in [2.05, 4.69) is 10.3 Å². The highest BCUT2D eigenvalue weighted by Crippen LogP contribution is 2.31. The summed E-state index contributed by atoms with van der Waals surface area (Å²) in [5.41, 5.74) is 8.31. The third-order valence-electron chi connectivity index (χ3n) is 3.61. The largest absolute Gasteiger partial charge is 0.370 e. The Morgan fingerprint density at radius 1 is 1.42 bits per heavy atom. The average Bonchev–Trinajstić information content (AvgIpc) is 2.78. The van der Waals surface area contributed by atoms with Gasteiger partial charge in [0.05, 0.1) is 5.92 Å². The number of aromatic amines is 1. The lowest BCUT2D eigenvalue weighted by atomic mass is 9.88. The predicted molar refractivity (Wildman–Crippen MR) is 71.6 cm³/mol. The molecule has 2 amide bonds. The van der Waals surface area contributed by atoms with Crippen LogP contribution in [0.2, 0.25) is 0 Å². The van der Waals surface area contributed by atoms with Crippen LogP contribution in [0, 0.1) is 0 Å². The van der Waals surface area contributed by atoms with Gasteiger partial charge in [-0.3, -0.25) is 9.59 Å². The van der Waals surface area contributed by atoms with Gasteiger partial charge in [-0.15, -0.1) is 0 Å². The van der Waals surface area contributed by atoms with E-state index in [1.165, 1.54) is 5.56 Å². The van der Waals surface area contributed by atoms with Crippen LogP contribution >= 0.6 is 0 Å². The van der Waals surface area contributed by atoms with Crippen LogP contribution < -0.4 is 11.1 Å². The van der Waals surface area contributed by atoms with Crippen LogP contribution in [0.25, 0.3) is 10.9 Å². The molecule has 5 nitrogen and oxygen atoms in total. The quantitative estimate of drug-likeness (QED) is 0.743. The minimum atomic E-state index is -0.504. The van der Waals surface area contributed by atoms with Gasteiger partial charge in [-0.2, -0.15) is 0 Å². The van der Waals surface area contributed by atoms with Gasteiger partial charge < -0.3 is 16.0 Å². The summed E-state index contributed by atoms with van der Waals surface area (Å²) < 4.78 is 0. The van der Waals surface area contributed by atoms with Crippen molar-refractivity contribution < 1.29 is 9.59 Å². The fourth-order valence-electron chi connectivity index (χ4n) is 2.76. The molecule has 0 radical (unpaired) electrons. The first-order chi connectivity index (χ1) is 9.16.